The number of anilines is 1. The number of ether oxygens (including phenoxy) is 1. The highest BCUT2D eigenvalue weighted by molar-refractivity contribution is 5.97. The van der Waals surface area contributed by atoms with Gasteiger partial charge in [-0.3, -0.25) is 4.79 Å². The molecule has 0 aromatic heterocycles. The molecule has 1 unspecified atom stereocenters. The number of carbonyl (C=O) groups is 1. The molecule has 16 heavy (non-hydrogen) atoms. The number of amides is 1. The van der Waals surface area contributed by atoms with Crippen molar-refractivity contribution in [3.05, 3.63) is 30.3 Å². The molecule has 1 amide bonds. The molecule has 0 radical (unpaired) electrons. The van der Waals surface area contributed by atoms with Crippen LogP contribution in [0.15, 0.2) is 30.3 Å². The van der Waals surface area contributed by atoms with E-state index in [4.69, 9.17) is 10.5 Å². The summed E-state index contributed by atoms with van der Waals surface area (Å²) in [4.78, 5) is 13.8. The summed E-state index contributed by atoms with van der Waals surface area (Å²) in [6.45, 7) is 1.66. The Morgan fingerprint density at radius 2 is 2.12 bits per heavy atom. The van der Waals surface area contributed by atoms with E-state index in [0.29, 0.717) is 26.1 Å². The molecule has 0 spiro atoms. The van der Waals surface area contributed by atoms with Gasteiger partial charge in [0, 0.05) is 12.2 Å². The zero-order chi connectivity index (χ0) is 11.4. The molecule has 86 valence electrons. The maximum atomic E-state index is 12.1. The lowest BCUT2D eigenvalue weighted by molar-refractivity contribution is -0.134. The third kappa shape index (κ3) is 2.23. The molecule has 2 rings (SSSR count). The van der Waals surface area contributed by atoms with E-state index in [1.807, 2.05) is 30.3 Å². The summed E-state index contributed by atoms with van der Waals surface area (Å²) in [6, 6.07) is 9.66. The van der Waals surface area contributed by atoms with Crippen LogP contribution in [-0.4, -0.2) is 31.7 Å². The van der Waals surface area contributed by atoms with Crippen LogP contribution in [-0.2, 0) is 9.53 Å². The van der Waals surface area contributed by atoms with Gasteiger partial charge in [-0.25, -0.2) is 0 Å². The van der Waals surface area contributed by atoms with Crippen molar-refractivity contribution in [3.8, 4) is 0 Å². The molecule has 0 saturated carbocycles. The van der Waals surface area contributed by atoms with Gasteiger partial charge in [-0.15, -0.1) is 0 Å². The average Bonchev–Trinajstić information content (AvgIpc) is 2.33. The first-order valence-corrected chi connectivity index (χ1v) is 5.51. The molecule has 1 aromatic rings. The van der Waals surface area contributed by atoms with E-state index >= 15 is 0 Å². The number of nitrogens with two attached hydrogens (primary N) is 1. The van der Waals surface area contributed by atoms with E-state index in [9.17, 15) is 4.79 Å². The second-order valence-corrected chi connectivity index (χ2v) is 3.76. The van der Waals surface area contributed by atoms with Gasteiger partial charge in [-0.1, -0.05) is 18.2 Å². The van der Waals surface area contributed by atoms with Crippen LogP contribution in [0.5, 0.6) is 0 Å². The molecule has 1 heterocycles. The minimum atomic E-state index is -0.376. The van der Waals surface area contributed by atoms with Crippen LogP contribution in [0.1, 0.15) is 6.42 Å². The van der Waals surface area contributed by atoms with E-state index < -0.39 is 0 Å². The molecular weight excluding hydrogens is 204 g/mol. The first kappa shape index (κ1) is 11.1. The van der Waals surface area contributed by atoms with Gasteiger partial charge in [0.25, 0.3) is 5.91 Å². The van der Waals surface area contributed by atoms with Gasteiger partial charge in [-0.05, 0) is 25.1 Å². The number of hydrogen-bond acceptors (Lipinski definition) is 3. The average molecular weight is 220 g/mol. The Morgan fingerprint density at radius 3 is 2.81 bits per heavy atom. The van der Waals surface area contributed by atoms with Gasteiger partial charge in [0.2, 0.25) is 0 Å². The van der Waals surface area contributed by atoms with Crippen LogP contribution < -0.4 is 10.6 Å². The standard InChI is InChI=1S/C12H16N2O2/c13-7-6-11-12(15)14(8-9-16-11)10-4-2-1-3-5-10/h1-5,11H,6-9,13H2. The summed E-state index contributed by atoms with van der Waals surface area (Å²) < 4.78 is 5.41. The number of rotatable bonds is 3. The topological polar surface area (TPSA) is 55.6 Å². The Morgan fingerprint density at radius 1 is 1.38 bits per heavy atom. The highest BCUT2D eigenvalue weighted by Crippen LogP contribution is 2.19. The number of morpholine rings is 1. The quantitative estimate of drug-likeness (QED) is 0.818. The molecule has 4 heteroatoms. The normalized spacial score (nSPS) is 21.2. The summed E-state index contributed by atoms with van der Waals surface area (Å²) in [5.74, 6) is 0.0166. The van der Waals surface area contributed by atoms with Crippen LogP contribution in [0.2, 0.25) is 0 Å². The highest BCUT2D eigenvalue weighted by atomic mass is 16.5. The van der Waals surface area contributed by atoms with Gasteiger partial charge in [-0.2, -0.15) is 0 Å². The summed E-state index contributed by atoms with van der Waals surface area (Å²) >= 11 is 0. The Bertz CT molecular complexity index is 351. The molecule has 0 bridgehead atoms. The van der Waals surface area contributed by atoms with Crippen molar-refractivity contribution in [2.45, 2.75) is 12.5 Å². The predicted molar refractivity (Wildman–Crippen MR) is 62.2 cm³/mol. The minimum absolute atomic E-state index is 0.0166. The Kier molecular flexibility index (Phi) is 3.54. The van der Waals surface area contributed by atoms with Crippen molar-refractivity contribution in [1.29, 1.82) is 0 Å². The summed E-state index contributed by atoms with van der Waals surface area (Å²) in [5, 5.41) is 0. The molecule has 4 nitrogen and oxygen atoms in total. The maximum Gasteiger partial charge on any atom is 0.256 e. The van der Waals surface area contributed by atoms with Crippen molar-refractivity contribution >= 4 is 11.6 Å². The highest BCUT2D eigenvalue weighted by Gasteiger charge is 2.29. The van der Waals surface area contributed by atoms with Crippen molar-refractivity contribution in [1.82, 2.24) is 0 Å². The minimum Gasteiger partial charge on any atom is -0.366 e. The molecule has 1 atom stereocenters. The van der Waals surface area contributed by atoms with Crippen LogP contribution in [0.25, 0.3) is 0 Å². The fourth-order valence-electron chi connectivity index (χ4n) is 1.86. The zero-order valence-electron chi connectivity index (χ0n) is 9.13. The van der Waals surface area contributed by atoms with E-state index in [-0.39, 0.29) is 12.0 Å². The fourth-order valence-corrected chi connectivity index (χ4v) is 1.86. The molecule has 1 aliphatic rings. The van der Waals surface area contributed by atoms with E-state index in [1.54, 1.807) is 4.90 Å². The van der Waals surface area contributed by atoms with Gasteiger partial charge in [0.05, 0.1) is 6.61 Å². The predicted octanol–water partition coefficient (Wildman–Crippen LogP) is 0.767. The largest absolute Gasteiger partial charge is 0.366 e. The number of nitrogens with zero attached hydrogens (tertiary/aromatic N) is 1. The first-order valence-electron chi connectivity index (χ1n) is 5.51. The lowest BCUT2D eigenvalue weighted by Crippen LogP contribution is -2.48. The van der Waals surface area contributed by atoms with Gasteiger partial charge in [0.1, 0.15) is 6.10 Å². The van der Waals surface area contributed by atoms with Crippen LogP contribution in [0, 0.1) is 0 Å². The summed E-state index contributed by atoms with van der Waals surface area (Å²) in [7, 11) is 0. The molecule has 1 aliphatic heterocycles. The first-order chi connectivity index (χ1) is 7.83. The van der Waals surface area contributed by atoms with Crippen LogP contribution in [0.3, 0.4) is 0 Å². The van der Waals surface area contributed by atoms with Crippen LogP contribution >= 0.6 is 0 Å². The maximum absolute atomic E-state index is 12.1. The van der Waals surface area contributed by atoms with Crippen molar-refractivity contribution < 1.29 is 9.53 Å². The Labute approximate surface area is 95.0 Å². The SMILES string of the molecule is NCCC1OCCN(c2ccccc2)C1=O. The van der Waals surface area contributed by atoms with Crippen LogP contribution in [0.4, 0.5) is 5.69 Å². The molecule has 2 N–H and O–H groups in total. The number of benzene rings is 1. The smallest absolute Gasteiger partial charge is 0.256 e. The Balaban J connectivity index is 2.13. The van der Waals surface area contributed by atoms with Crippen molar-refractivity contribution in [2.75, 3.05) is 24.6 Å². The lowest BCUT2D eigenvalue weighted by Gasteiger charge is -2.32. The summed E-state index contributed by atoms with van der Waals surface area (Å²) in [6.07, 6.45) is 0.210. The van der Waals surface area contributed by atoms with Gasteiger partial charge in [0.15, 0.2) is 0 Å². The fraction of sp³-hybridized carbons (Fsp3) is 0.417. The molecular formula is C12H16N2O2. The molecule has 1 fully saturated rings. The second-order valence-electron chi connectivity index (χ2n) is 3.76. The third-order valence-corrected chi connectivity index (χ3v) is 2.67. The van der Waals surface area contributed by atoms with Gasteiger partial charge < -0.3 is 15.4 Å². The van der Waals surface area contributed by atoms with E-state index in [0.717, 1.165) is 5.69 Å². The monoisotopic (exact) mass is 220 g/mol. The second kappa shape index (κ2) is 5.09. The summed E-state index contributed by atoms with van der Waals surface area (Å²) in [5.41, 5.74) is 6.38. The lowest BCUT2D eigenvalue weighted by atomic mass is 10.1. The molecule has 1 saturated heterocycles. The van der Waals surface area contributed by atoms with Crippen molar-refractivity contribution in [2.24, 2.45) is 5.73 Å². The third-order valence-electron chi connectivity index (χ3n) is 2.67. The molecule has 1 aromatic carbocycles. The Hall–Kier alpha value is -1.39. The van der Waals surface area contributed by atoms with E-state index in [1.165, 1.54) is 0 Å². The van der Waals surface area contributed by atoms with Gasteiger partial charge >= 0.3 is 0 Å². The van der Waals surface area contributed by atoms with E-state index in [2.05, 4.69) is 0 Å². The van der Waals surface area contributed by atoms with Crippen molar-refractivity contribution in [3.63, 3.8) is 0 Å². The number of para-hydroxylation sites is 1. The number of carbonyl (C=O) groups excluding carboxylic acids is 1. The zero-order valence-corrected chi connectivity index (χ0v) is 9.13. The number of hydrogen-bond donors (Lipinski definition) is 1. The molecule has 0 aliphatic carbocycles.